The summed E-state index contributed by atoms with van der Waals surface area (Å²) in [6.07, 6.45) is 4.36. The average Bonchev–Trinajstić information content (AvgIpc) is 3.04. The van der Waals surface area contributed by atoms with E-state index in [0.29, 0.717) is 0 Å². The zero-order valence-electron chi connectivity index (χ0n) is 11.6. The van der Waals surface area contributed by atoms with E-state index in [2.05, 4.69) is 15.2 Å². The van der Waals surface area contributed by atoms with Crippen LogP contribution in [-0.2, 0) is 4.79 Å². The van der Waals surface area contributed by atoms with Crippen molar-refractivity contribution in [1.29, 1.82) is 0 Å². The highest BCUT2D eigenvalue weighted by Gasteiger charge is 2.46. The molecular weight excluding hydrogens is 294 g/mol. The van der Waals surface area contributed by atoms with Crippen molar-refractivity contribution in [1.82, 2.24) is 10.3 Å². The Morgan fingerprint density at radius 3 is 2.80 bits per heavy atom. The van der Waals surface area contributed by atoms with Crippen LogP contribution in [-0.4, -0.2) is 39.9 Å². The van der Waals surface area contributed by atoms with Crippen molar-refractivity contribution < 1.29 is 9.90 Å². The number of carboxylic acids is 1. The van der Waals surface area contributed by atoms with E-state index >= 15 is 0 Å². The first-order chi connectivity index (χ1) is 9.47. The third-order valence-corrected chi connectivity index (χ3v) is 6.57. The van der Waals surface area contributed by atoms with E-state index in [1.54, 1.807) is 23.1 Å². The molecule has 2 unspecified atom stereocenters. The zero-order valence-corrected chi connectivity index (χ0v) is 13.3. The lowest BCUT2D eigenvalue weighted by molar-refractivity contribution is -0.139. The van der Waals surface area contributed by atoms with Crippen molar-refractivity contribution in [2.24, 2.45) is 0 Å². The SMILES string of the molecule is CC1(C)SC(c2cnc(N3CCCC3)s2)NC1C(=O)O. The second kappa shape index (κ2) is 5.20. The van der Waals surface area contributed by atoms with Crippen LogP contribution in [0.25, 0.3) is 0 Å². The molecule has 0 amide bonds. The smallest absolute Gasteiger partial charge is 0.322 e. The predicted octanol–water partition coefficient (Wildman–Crippen LogP) is 2.31. The third kappa shape index (κ3) is 2.54. The van der Waals surface area contributed by atoms with Gasteiger partial charge in [-0.3, -0.25) is 10.1 Å². The molecule has 0 aliphatic carbocycles. The topological polar surface area (TPSA) is 65.5 Å². The number of carbonyl (C=O) groups is 1. The fraction of sp³-hybridized carbons (Fsp3) is 0.692. The molecule has 5 nitrogen and oxygen atoms in total. The summed E-state index contributed by atoms with van der Waals surface area (Å²) in [6.45, 7) is 6.13. The van der Waals surface area contributed by atoms with E-state index in [4.69, 9.17) is 0 Å². The van der Waals surface area contributed by atoms with Gasteiger partial charge in [0.05, 0.1) is 10.3 Å². The molecule has 1 aromatic rings. The highest BCUT2D eigenvalue weighted by Crippen LogP contribution is 2.47. The zero-order chi connectivity index (χ0) is 14.3. The average molecular weight is 313 g/mol. The number of nitrogens with one attached hydrogen (secondary N) is 1. The summed E-state index contributed by atoms with van der Waals surface area (Å²) < 4.78 is -0.311. The maximum atomic E-state index is 11.3. The highest BCUT2D eigenvalue weighted by atomic mass is 32.2. The minimum absolute atomic E-state index is 0.0277. The number of rotatable bonds is 3. The summed E-state index contributed by atoms with van der Waals surface area (Å²) in [5, 5.41) is 13.6. The largest absolute Gasteiger partial charge is 0.480 e. The Hall–Kier alpha value is -0.790. The Morgan fingerprint density at radius 1 is 1.50 bits per heavy atom. The number of carboxylic acid groups (broad SMARTS) is 1. The van der Waals surface area contributed by atoms with Crippen LogP contribution in [0.2, 0.25) is 0 Å². The third-order valence-electron chi connectivity index (χ3n) is 3.83. The van der Waals surface area contributed by atoms with Crippen LogP contribution in [0.3, 0.4) is 0 Å². The summed E-state index contributed by atoms with van der Waals surface area (Å²) in [5.41, 5.74) is 0. The van der Waals surface area contributed by atoms with Crippen LogP contribution in [0, 0.1) is 0 Å². The number of aromatic nitrogens is 1. The van der Waals surface area contributed by atoms with E-state index in [0.717, 1.165) is 23.1 Å². The highest BCUT2D eigenvalue weighted by molar-refractivity contribution is 8.01. The van der Waals surface area contributed by atoms with Gasteiger partial charge < -0.3 is 10.0 Å². The standard InChI is InChI=1S/C13H19N3O2S2/c1-13(2)9(11(17)18)15-10(20-13)8-7-14-12(19-8)16-5-3-4-6-16/h7,9-10,15H,3-6H2,1-2H3,(H,17,18). The first kappa shape index (κ1) is 14.2. The Bertz CT molecular complexity index is 511. The van der Waals surface area contributed by atoms with Gasteiger partial charge in [0.25, 0.3) is 0 Å². The molecule has 0 radical (unpaired) electrons. The molecular formula is C13H19N3O2S2. The number of thiazole rings is 1. The van der Waals surface area contributed by atoms with Crippen molar-refractivity contribution in [2.45, 2.75) is 42.9 Å². The molecule has 1 aromatic heterocycles. The normalized spacial score (nSPS) is 29.0. The number of aliphatic carboxylic acids is 1. The van der Waals surface area contributed by atoms with Crippen LogP contribution in [0.1, 0.15) is 36.9 Å². The Kier molecular flexibility index (Phi) is 3.68. The fourth-order valence-electron chi connectivity index (χ4n) is 2.72. The fourth-order valence-corrected chi connectivity index (χ4v) is 5.21. The minimum atomic E-state index is -0.783. The summed E-state index contributed by atoms with van der Waals surface area (Å²) in [7, 11) is 0. The van der Waals surface area contributed by atoms with Crippen molar-refractivity contribution >= 4 is 34.2 Å². The van der Waals surface area contributed by atoms with Crippen LogP contribution < -0.4 is 10.2 Å². The van der Waals surface area contributed by atoms with Gasteiger partial charge in [-0.1, -0.05) is 11.3 Å². The molecule has 2 saturated heterocycles. The van der Waals surface area contributed by atoms with Gasteiger partial charge in [0.15, 0.2) is 5.13 Å². The lowest BCUT2D eigenvalue weighted by Gasteiger charge is -2.20. The number of thioether (sulfide) groups is 1. The first-order valence-corrected chi connectivity index (χ1v) is 8.54. The van der Waals surface area contributed by atoms with Crippen LogP contribution >= 0.6 is 23.1 Å². The molecule has 7 heteroatoms. The molecule has 3 rings (SSSR count). The Labute approximate surface area is 126 Å². The van der Waals surface area contributed by atoms with Crippen LogP contribution in [0.5, 0.6) is 0 Å². The lowest BCUT2D eigenvalue weighted by Crippen LogP contribution is -2.43. The molecule has 2 atom stereocenters. The molecule has 0 bridgehead atoms. The van der Waals surface area contributed by atoms with E-state index < -0.39 is 12.0 Å². The molecule has 0 aromatic carbocycles. The monoisotopic (exact) mass is 313 g/mol. The summed E-state index contributed by atoms with van der Waals surface area (Å²) in [4.78, 5) is 19.2. The molecule has 0 saturated carbocycles. The molecule has 110 valence electrons. The quantitative estimate of drug-likeness (QED) is 0.893. The van der Waals surface area contributed by atoms with E-state index in [1.807, 2.05) is 20.0 Å². The van der Waals surface area contributed by atoms with Gasteiger partial charge in [-0.05, 0) is 26.7 Å². The van der Waals surface area contributed by atoms with Crippen molar-refractivity contribution in [2.75, 3.05) is 18.0 Å². The molecule has 20 heavy (non-hydrogen) atoms. The van der Waals surface area contributed by atoms with Crippen molar-refractivity contribution in [3.05, 3.63) is 11.1 Å². The van der Waals surface area contributed by atoms with Crippen LogP contribution in [0.4, 0.5) is 5.13 Å². The minimum Gasteiger partial charge on any atom is -0.480 e. The lowest BCUT2D eigenvalue weighted by atomic mass is 10.0. The molecule has 2 fully saturated rings. The van der Waals surface area contributed by atoms with E-state index in [1.165, 1.54) is 12.8 Å². The maximum Gasteiger partial charge on any atom is 0.322 e. The molecule has 0 spiro atoms. The van der Waals surface area contributed by atoms with Gasteiger partial charge in [-0.25, -0.2) is 4.98 Å². The number of hydrogen-bond acceptors (Lipinski definition) is 6. The van der Waals surface area contributed by atoms with E-state index in [9.17, 15) is 9.90 Å². The summed E-state index contributed by atoms with van der Waals surface area (Å²) in [5.74, 6) is -0.783. The van der Waals surface area contributed by atoms with Gasteiger partial charge in [-0.2, -0.15) is 0 Å². The molecule has 2 aliphatic heterocycles. The second-order valence-corrected chi connectivity index (χ2v) is 8.58. The van der Waals surface area contributed by atoms with E-state index in [-0.39, 0.29) is 10.1 Å². The van der Waals surface area contributed by atoms with Gasteiger partial charge in [-0.15, -0.1) is 11.8 Å². The van der Waals surface area contributed by atoms with Gasteiger partial charge in [0, 0.05) is 24.0 Å². The van der Waals surface area contributed by atoms with Gasteiger partial charge in [0.2, 0.25) is 0 Å². The number of hydrogen-bond donors (Lipinski definition) is 2. The maximum absolute atomic E-state index is 11.3. The molecule has 2 aliphatic rings. The predicted molar refractivity (Wildman–Crippen MR) is 82.5 cm³/mol. The Balaban J connectivity index is 1.76. The van der Waals surface area contributed by atoms with Gasteiger partial charge in [0.1, 0.15) is 6.04 Å². The Morgan fingerprint density at radius 2 is 2.20 bits per heavy atom. The number of anilines is 1. The summed E-state index contributed by atoms with van der Waals surface area (Å²) in [6, 6.07) is -0.519. The molecule has 2 N–H and O–H groups in total. The molecule has 3 heterocycles. The van der Waals surface area contributed by atoms with Crippen LogP contribution in [0.15, 0.2) is 6.20 Å². The first-order valence-electron chi connectivity index (χ1n) is 6.85. The van der Waals surface area contributed by atoms with Crippen molar-refractivity contribution in [3.63, 3.8) is 0 Å². The number of nitrogens with zero attached hydrogens (tertiary/aromatic N) is 2. The van der Waals surface area contributed by atoms with Gasteiger partial charge >= 0.3 is 5.97 Å². The second-order valence-electron chi connectivity index (χ2n) is 5.78. The summed E-state index contributed by atoms with van der Waals surface area (Å²) >= 11 is 3.35. The van der Waals surface area contributed by atoms with Crippen molar-refractivity contribution in [3.8, 4) is 0 Å².